The molecule has 2 amide bonds. The van der Waals surface area contributed by atoms with Gasteiger partial charge in [-0.1, -0.05) is 0 Å². The molecule has 1 fully saturated rings. The molecule has 0 spiro atoms. The van der Waals surface area contributed by atoms with Crippen LogP contribution in [0, 0.1) is 5.92 Å². The molecule has 6 heteroatoms. The number of carboxylic acid groups (broad SMARTS) is 1. The molecule has 1 aliphatic carbocycles. The highest BCUT2D eigenvalue weighted by atomic mass is 16.4. The Morgan fingerprint density at radius 1 is 1.38 bits per heavy atom. The van der Waals surface area contributed by atoms with Crippen molar-refractivity contribution in [2.45, 2.75) is 18.9 Å². The standard InChI is InChI=1S/C10H19N3O3/c1-13(2)10(16)12-6-5-11-8(9(14)15)7-3-4-7/h7-8,11H,3-6H2,1-2H3,(H,12,16)(H,14,15). The molecule has 6 nitrogen and oxygen atoms in total. The number of carbonyl (C=O) groups is 2. The van der Waals surface area contributed by atoms with Crippen molar-refractivity contribution in [3.8, 4) is 0 Å². The average Bonchev–Trinajstić information content (AvgIpc) is 3.00. The summed E-state index contributed by atoms with van der Waals surface area (Å²) >= 11 is 0. The molecule has 92 valence electrons. The number of nitrogens with one attached hydrogen (secondary N) is 2. The van der Waals surface area contributed by atoms with Crippen LogP contribution >= 0.6 is 0 Å². The molecule has 3 N–H and O–H groups in total. The molecule has 0 radical (unpaired) electrons. The van der Waals surface area contributed by atoms with Gasteiger partial charge in [-0.25, -0.2) is 4.79 Å². The van der Waals surface area contributed by atoms with Crippen LogP contribution in [0.3, 0.4) is 0 Å². The maximum atomic E-state index is 11.1. The van der Waals surface area contributed by atoms with Crippen molar-refractivity contribution < 1.29 is 14.7 Å². The van der Waals surface area contributed by atoms with Gasteiger partial charge in [0.1, 0.15) is 6.04 Å². The number of hydrogen-bond acceptors (Lipinski definition) is 3. The summed E-state index contributed by atoms with van der Waals surface area (Å²) in [5, 5.41) is 14.5. The highest BCUT2D eigenvalue weighted by Gasteiger charge is 2.35. The Bertz CT molecular complexity index is 264. The van der Waals surface area contributed by atoms with E-state index in [9.17, 15) is 9.59 Å². The lowest BCUT2D eigenvalue weighted by Gasteiger charge is -2.15. The molecule has 0 aromatic carbocycles. The van der Waals surface area contributed by atoms with Crippen LogP contribution in [0.1, 0.15) is 12.8 Å². The molecule has 16 heavy (non-hydrogen) atoms. The van der Waals surface area contributed by atoms with Crippen molar-refractivity contribution in [3.63, 3.8) is 0 Å². The molecule has 1 saturated carbocycles. The minimum Gasteiger partial charge on any atom is -0.480 e. The van der Waals surface area contributed by atoms with Gasteiger partial charge in [-0.2, -0.15) is 0 Å². The summed E-state index contributed by atoms with van der Waals surface area (Å²) in [5.41, 5.74) is 0. The van der Waals surface area contributed by atoms with E-state index in [4.69, 9.17) is 5.11 Å². The third kappa shape index (κ3) is 4.06. The van der Waals surface area contributed by atoms with Gasteiger partial charge in [-0.05, 0) is 18.8 Å². The smallest absolute Gasteiger partial charge is 0.320 e. The van der Waals surface area contributed by atoms with Gasteiger partial charge in [0.15, 0.2) is 0 Å². The number of aliphatic carboxylic acids is 1. The molecule has 1 aliphatic rings. The van der Waals surface area contributed by atoms with Crippen LogP contribution in [0.2, 0.25) is 0 Å². The van der Waals surface area contributed by atoms with Crippen molar-refractivity contribution in [2.75, 3.05) is 27.2 Å². The zero-order valence-electron chi connectivity index (χ0n) is 9.69. The summed E-state index contributed by atoms with van der Waals surface area (Å²) in [6, 6.07) is -0.628. The largest absolute Gasteiger partial charge is 0.480 e. The number of urea groups is 1. The van der Waals surface area contributed by atoms with Crippen molar-refractivity contribution >= 4 is 12.0 Å². The van der Waals surface area contributed by atoms with Gasteiger partial charge in [-0.15, -0.1) is 0 Å². The molecular weight excluding hydrogens is 210 g/mol. The van der Waals surface area contributed by atoms with Gasteiger partial charge in [0.05, 0.1) is 0 Å². The van der Waals surface area contributed by atoms with Gasteiger partial charge >= 0.3 is 12.0 Å². The highest BCUT2D eigenvalue weighted by molar-refractivity contribution is 5.74. The Balaban J connectivity index is 2.14. The van der Waals surface area contributed by atoms with Crippen LogP contribution in [0.4, 0.5) is 4.79 Å². The minimum atomic E-state index is -0.804. The fraction of sp³-hybridized carbons (Fsp3) is 0.800. The van der Waals surface area contributed by atoms with Crippen molar-refractivity contribution in [1.82, 2.24) is 15.5 Å². The van der Waals surface area contributed by atoms with Gasteiger partial charge in [0, 0.05) is 27.2 Å². The van der Waals surface area contributed by atoms with E-state index < -0.39 is 12.0 Å². The Hall–Kier alpha value is -1.30. The summed E-state index contributed by atoms with van der Waals surface area (Å²) in [5.74, 6) is -0.538. The summed E-state index contributed by atoms with van der Waals surface area (Å²) < 4.78 is 0. The Kier molecular flexibility index (Phi) is 4.54. The van der Waals surface area contributed by atoms with Crippen LogP contribution < -0.4 is 10.6 Å². The normalized spacial score (nSPS) is 16.6. The van der Waals surface area contributed by atoms with Crippen LogP contribution in [0.15, 0.2) is 0 Å². The summed E-state index contributed by atoms with van der Waals surface area (Å²) in [6.07, 6.45) is 1.96. The number of nitrogens with zero attached hydrogens (tertiary/aromatic N) is 1. The van der Waals surface area contributed by atoms with Gasteiger partial charge in [0.25, 0.3) is 0 Å². The van der Waals surface area contributed by atoms with E-state index in [2.05, 4.69) is 10.6 Å². The van der Waals surface area contributed by atoms with Gasteiger partial charge < -0.3 is 20.6 Å². The third-order valence-corrected chi connectivity index (χ3v) is 2.53. The molecule has 0 heterocycles. The van der Waals surface area contributed by atoms with E-state index in [1.54, 1.807) is 14.1 Å². The maximum Gasteiger partial charge on any atom is 0.320 e. The number of amides is 2. The first-order chi connectivity index (χ1) is 7.52. The van der Waals surface area contributed by atoms with E-state index in [0.717, 1.165) is 12.8 Å². The molecule has 0 saturated heterocycles. The second-order valence-electron chi connectivity index (χ2n) is 4.23. The fourth-order valence-corrected chi connectivity index (χ4v) is 1.44. The first-order valence-corrected chi connectivity index (χ1v) is 5.43. The number of carboxylic acids is 1. The molecule has 1 unspecified atom stereocenters. The zero-order valence-corrected chi connectivity index (χ0v) is 9.69. The third-order valence-electron chi connectivity index (χ3n) is 2.53. The van der Waals surface area contributed by atoms with E-state index in [1.807, 2.05) is 0 Å². The highest BCUT2D eigenvalue weighted by Crippen LogP contribution is 2.32. The molecule has 0 aromatic heterocycles. The minimum absolute atomic E-state index is 0.167. The second kappa shape index (κ2) is 5.69. The van der Waals surface area contributed by atoms with Crippen molar-refractivity contribution in [3.05, 3.63) is 0 Å². The Labute approximate surface area is 95.0 Å². The van der Waals surface area contributed by atoms with E-state index in [1.165, 1.54) is 4.90 Å². The molecule has 0 aromatic rings. The van der Waals surface area contributed by atoms with E-state index >= 15 is 0 Å². The lowest BCUT2D eigenvalue weighted by atomic mass is 10.2. The molecule has 1 rings (SSSR count). The fourth-order valence-electron chi connectivity index (χ4n) is 1.44. The number of rotatable bonds is 6. The monoisotopic (exact) mass is 229 g/mol. The summed E-state index contributed by atoms with van der Waals surface area (Å²) in [6.45, 7) is 0.917. The van der Waals surface area contributed by atoms with Gasteiger partial charge in [-0.3, -0.25) is 4.79 Å². The maximum absolute atomic E-state index is 11.1. The Morgan fingerprint density at radius 3 is 2.44 bits per heavy atom. The van der Waals surface area contributed by atoms with Crippen LogP contribution in [-0.4, -0.2) is 55.2 Å². The topological polar surface area (TPSA) is 81.7 Å². The quantitative estimate of drug-likeness (QED) is 0.547. The summed E-state index contributed by atoms with van der Waals surface area (Å²) in [7, 11) is 3.32. The zero-order chi connectivity index (χ0) is 12.1. The van der Waals surface area contributed by atoms with Crippen molar-refractivity contribution in [2.24, 2.45) is 5.92 Å². The lowest BCUT2D eigenvalue weighted by molar-refractivity contribution is -0.140. The SMILES string of the molecule is CN(C)C(=O)NCCNC(C(=O)O)C1CC1. The molecule has 0 aliphatic heterocycles. The average molecular weight is 229 g/mol. The van der Waals surface area contributed by atoms with Crippen LogP contribution in [0.25, 0.3) is 0 Å². The predicted octanol–water partition coefficient (Wildman–Crippen LogP) is -0.290. The van der Waals surface area contributed by atoms with Crippen LogP contribution in [-0.2, 0) is 4.79 Å². The first-order valence-electron chi connectivity index (χ1n) is 5.43. The van der Waals surface area contributed by atoms with Gasteiger partial charge in [0.2, 0.25) is 0 Å². The number of carbonyl (C=O) groups excluding carboxylic acids is 1. The summed E-state index contributed by atoms with van der Waals surface area (Å²) in [4.78, 5) is 23.4. The van der Waals surface area contributed by atoms with Crippen molar-refractivity contribution in [1.29, 1.82) is 0 Å². The van der Waals surface area contributed by atoms with Crippen LogP contribution in [0.5, 0.6) is 0 Å². The molecule has 0 bridgehead atoms. The Morgan fingerprint density at radius 2 is 2.00 bits per heavy atom. The first kappa shape index (κ1) is 12.8. The second-order valence-corrected chi connectivity index (χ2v) is 4.23. The lowest BCUT2D eigenvalue weighted by Crippen LogP contribution is -2.44. The van der Waals surface area contributed by atoms with E-state index in [-0.39, 0.29) is 11.9 Å². The van der Waals surface area contributed by atoms with E-state index in [0.29, 0.717) is 13.1 Å². The predicted molar refractivity (Wildman–Crippen MR) is 59.2 cm³/mol. The number of hydrogen-bond donors (Lipinski definition) is 3. The molecular formula is C10H19N3O3. The molecule has 1 atom stereocenters.